The lowest BCUT2D eigenvalue weighted by Gasteiger charge is -2.23. The van der Waals surface area contributed by atoms with Crippen molar-refractivity contribution in [3.05, 3.63) is 0 Å². The van der Waals surface area contributed by atoms with E-state index >= 15 is 0 Å². The van der Waals surface area contributed by atoms with Crippen molar-refractivity contribution < 1.29 is 33.9 Å². The minimum Gasteiger partial charge on any atom is -0.480 e. The van der Waals surface area contributed by atoms with Crippen LogP contribution in [0.1, 0.15) is 45.4 Å². The molecule has 0 aliphatic rings. The average molecular weight is 460 g/mol. The van der Waals surface area contributed by atoms with Gasteiger partial charge in [-0.1, -0.05) is 6.42 Å². The number of carbonyl (C=O) groups is 6. The molecule has 5 amide bonds. The summed E-state index contributed by atoms with van der Waals surface area (Å²) < 4.78 is 0. The summed E-state index contributed by atoms with van der Waals surface area (Å²) >= 11 is 0. The van der Waals surface area contributed by atoms with E-state index in [4.69, 9.17) is 28.0 Å². The molecule has 14 heteroatoms. The summed E-state index contributed by atoms with van der Waals surface area (Å²) in [6.07, 6.45) is 0.521. The first-order valence-corrected chi connectivity index (χ1v) is 10.0. The molecule has 0 bridgehead atoms. The van der Waals surface area contributed by atoms with Crippen LogP contribution >= 0.6 is 0 Å². The van der Waals surface area contributed by atoms with Gasteiger partial charge in [0, 0.05) is 6.42 Å². The molecule has 0 aliphatic heterocycles. The summed E-state index contributed by atoms with van der Waals surface area (Å²) in [5, 5.41) is 15.9. The number of rotatable bonds is 16. The van der Waals surface area contributed by atoms with Gasteiger partial charge in [-0.2, -0.15) is 0 Å². The Morgan fingerprint density at radius 1 is 0.812 bits per heavy atom. The second-order valence-corrected chi connectivity index (χ2v) is 7.26. The van der Waals surface area contributed by atoms with Crippen LogP contribution < -0.4 is 38.9 Å². The molecule has 182 valence electrons. The Labute approximate surface area is 185 Å². The Bertz CT molecular complexity index is 701. The van der Waals surface area contributed by atoms with Gasteiger partial charge in [-0.15, -0.1) is 0 Å². The van der Waals surface area contributed by atoms with Gasteiger partial charge in [0.25, 0.3) is 0 Å². The number of carbonyl (C=O) groups excluding carboxylic acids is 5. The van der Waals surface area contributed by atoms with Crippen molar-refractivity contribution in [2.45, 2.75) is 69.6 Å². The lowest BCUT2D eigenvalue weighted by Crippen LogP contribution is -2.57. The van der Waals surface area contributed by atoms with E-state index in [9.17, 15) is 28.8 Å². The highest BCUT2D eigenvalue weighted by Crippen LogP contribution is 2.02. The third-order valence-corrected chi connectivity index (χ3v) is 4.39. The largest absolute Gasteiger partial charge is 0.480 e. The summed E-state index contributed by atoms with van der Waals surface area (Å²) in [7, 11) is 0. The van der Waals surface area contributed by atoms with Crippen LogP contribution in [0.5, 0.6) is 0 Å². The predicted octanol–water partition coefficient (Wildman–Crippen LogP) is -3.86. The SMILES string of the molecule is CC(NC(=O)C(CC(N)=O)NC(=O)C(N)CCCCN)C(=O)NC(CCC(N)=O)C(=O)O. The summed E-state index contributed by atoms with van der Waals surface area (Å²) in [6, 6.07) is -4.96. The van der Waals surface area contributed by atoms with E-state index < -0.39 is 66.1 Å². The molecule has 12 N–H and O–H groups in total. The number of hydrogen-bond donors (Lipinski definition) is 8. The molecule has 0 radical (unpaired) electrons. The van der Waals surface area contributed by atoms with Crippen LogP contribution in [0.4, 0.5) is 0 Å². The van der Waals surface area contributed by atoms with Crippen LogP contribution in [0.2, 0.25) is 0 Å². The molecule has 0 aromatic rings. The van der Waals surface area contributed by atoms with Crippen LogP contribution in [-0.2, 0) is 28.8 Å². The molecule has 0 fully saturated rings. The number of hydrogen-bond acceptors (Lipinski definition) is 8. The molecule has 4 unspecified atom stereocenters. The first-order chi connectivity index (χ1) is 14.9. The second-order valence-electron chi connectivity index (χ2n) is 7.26. The van der Waals surface area contributed by atoms with E-state index in [1.807, 2.05) is 0 Å². The summed E-state index contributed by atoms with van der Waals surface area (Å²) in [5.41, 5.74) is 21.3. The topological polar surface area (TPSA) is 263 Å². The van der Waals surface area contributed by atoms with Crippen molar-refractivity contribution in [3.8, 4) is 0 Å². The van der Waals surface area contributed by atoms with Crippen molar-refractivity contribution >= 4 is 35.5 Å². The molecule has 32 heavy (non-hydrogen) atoms. The van der Waals surface area contributed by atoms with Gasteiger partial charge in [0.05, 0.1) is 12.5 Å². The first kappa shape index (κ1) is 28.7. The predicted molar refractivity (Wildman–Crippen MR) is 112 cm³/mol. The van der Waals surface area contributed by atoms with E-state index in [0.29, 0.717) is 25.8 Å². The van der Waals surface area contributed by atoms with Crippen LogP contribution in [0.3, 0.4) is 0 Å². The monoisotopic (exact) mass is 459 g/mol. The van der Waals surface area contributed by atoms with Crippen molar-refractivity contribution in [2.24, 2.45) is 22.9 Å². The van der Waals surface area contributed by atoms with Crippen LogP contribution in [0.25, 0.3) is 0 Å². The van der Waals surface area contributed by atoms with Crippen molar-refractivity contribution in [1.82, 2.24) is 16.0 Å². The normalized spacial score (nSPS) is 14.3. The van der Waals surface area contributed by atoms with E-state index in [1.54, 1.807) is 0 Å². The van der Waals surface area contributed by atoms with Gasteiger partial charge in [-0.25, -0.2) is 4.79 Å². The second kappa shape index (κ2) is 14.7. The maximum Gasteiger partial charge on any atom is 0.326 e. The van der Waals surface area contributed by atoms with Gasteiger partial charge in [-0.3, -0.25) is 24.0 Å². The third kappa shape index (κ3) is 11.8. The molecular weight excluding hydrogens is 426 g/mol. The van der Waals surface area contributed by atoms with E-state index in [2.05, 4.69) is 16.0 Å². The zero-order chi connectivity index (χ0) is 24.8. The van der Waals surface area contributed by atoms with Crippen LogP contribution in [0, 0.1) is 0 Å². The highest BCUT2D eigenvalue weighted by atomic mass is 16.4. The molecule has 0 saturated carbocycles. The van der Waals surface area contributed by atoms with Crippen LogP contribution in [-0.4, -0.2) is 71.3 Å². The van der Waals surface area contributed by atoms with Gasteiger partial charge >= 0.3 is 5.97 Å². The van der Waals surface area contributed by atoms with Gasteiger partial charge < -0.3 is 44.0 Å². The van der Waals surface area contributed by atoms with Gasteiger partial charge in [0.2, 0.25) is 29.5 Å². The molecule has 0 rings (SSSR count). The first-order valence-electron chi connectivity index (χ1n) is 10.0. The molecule has 0 heterocycles. The summed E-state index contributed by atoms with van der Waals surface area (Å²) in [4.78, 5) is 70.3. The number of carboxylic acid groups (broad SMARTS) is 1. The van der Waals surface area contributed by atoms with Crippen molar-refractivity contribution in [2.75, 3.05) is 6.54 Å². The Balaban J connectivity index is 5.02. The average Bonchev–Trinajstić information content (AvgIpc) is 2.69. The maximum absolute atomic E-state index is 12.5. The molecule has 0 aromatic carbocycles. The Morgan fingerprint density at radius 2 is 1.41 bits per heavy atom. The third-order valence-electron chi connectivity index (χ3n) is 4.39. The number of amides is 5. The van der Waals surface area contributed by atoms with E-state index in [0.717, 1.165) is 0 Å². The number of carboxylic acids is 1. The minimum atomic E-state index is -1.40. The van der Waals surface area contributed by atoms with Crippen molar-refractivity contribution in [1.29, 1.82) is 0 Å². The standard InChI is InChI=1S/C18H33N7O7/c1-9(15(28)24-11(18(31)32)5-6-13(21)26)23-17(30)12(8-14(22)27)25-16(29)10(20)4-2-3-7-19/h9-12H,2-8,19-20H2,1H3,(H2,21,26)(H2,22,27)(H,23,30)(H,24,28)(H,25,29)(H,31,32). The number of nitrogens with one attached hydrogen (secondary N) is 3. The molecule has 0 aromatic heterocycles. The smallest absolute Gasteiger partial charge is 0.326 e. The quantitative estimate of drug-likeness (QED) is 0.105. The number of aliphatic carboxylic acids is 1. The highest BCUT2D eigenvalue weighted by Gasteiger charge is 2.29. The maximum atomic E-state index is 12.5. The Hall–Kier alpha value is -3.26. The fourth-order valence-electron chi connectivity index (χ4n) is 2.55. The van der Waals surface area contributed by atoms with E-state index in [-0.39, 0.29) is 12.8 Å². The van der Waals surface area contributed by atoms with Crippen LogP contribution in [0.15, 0.2) is 0 Å². The molecule has 14 nitrogen and oxygen atoms in total. The number of primary amides is 2. The number of unbranched alkanes of at least 4 members (excludes halogenated alkanes) is 1. The molecule has 0 aliphatic carbocycles. The zero-order valence-electron chi connectivity index (χ0n) is 18.0. The highest BCUT2D eigenvalue weighted by molar-refractivity contribution is 5.96. The van der Waals surface area contributed by atoms with Gasteiger partial charge in [0.1, 0.15) is 18.1 Å². The fraction of sp³-hybridized carbons (Fsp3) is 0.667. The minimum absolute atomic E-state index is 0.237. The Kier molecular flexibility index (Phi) is 13.2. The van der Waals surface area contributed by atoms with E-state index in [1.165, 1.54) is 6.92 Å². The molecular formula is C18H33N7O7. The molecule has 4 atom stereocenters. The molecule has 0 spiro atoms. The Morgan fingerprint density at radius 3 is 1.91 bits per heavy atom. The lowest BCUT2D eigenvalue weighted by molar-refractivity contribution is -0.142. The summed E-state index contributed by atoms with van der Waals surface area (Å²) in [6.45, 7) is 1.70. The molecule has 0 saturated heterocycles. The fourth-order valence-corrected chi connectivity index (χ4v) is 2.55. The number of nitrogens with two attached hydrogens (primary N) is 4. The lowest BCUT2D eigenvalue weighted by atomic mass is 10.1. The summed E-state index contributed by atoms with van der Waals surface area (Å²) in [5.74, 6) is -5.44. The van der Waals surface area contributed by atoms with Crippen molar-refractivity contribution in [3.63, 3.8) is 0 Å². The van der Waals surface area contributed by atoms with Gasteiger partial charge in [-0.05, 0) is 32.7 Å². The van der Waals surface area contributed by atoms with Gasteiger partial charge in [0.15, 0.2) is 0 Å². The zero-order valence-corrected chi connectivity index (χ0v) is 18.0.